The van der Waals surface area contributed by atoms with Crippen molar-refractivity contribution < 1.29 is 14.3 Å². The lowest BCUT2D eigenvalue weighted by atomic mass is 10.1. The third-order valence-electron chi connectivity index (χ3n) is 5.07. The van der Waals surface area contributed by atoms with Crippen LogP contribution in [0, 0.1) is 0 Å². The summed E-state index contributed by atoms with van der Waals surface area (Å²) in [5.74, 6) is 1.39. The van der Waals surface area contributed by atoms with E-state index in [0.717, 1.165) is 27.7 Å². The molecule has 0 fully saturated rings. The Hall–Kier alpha value is -3.53. The van der Waals surface area contributed by atoms with Crippen molar-refractivity contribution in [1.29, 1.82) is 0 Å². The van der Waals surface area contributed by atoms with E-state index in [2.05, 4.69) is 17.4 Å². The van der Waals surface area contributed by atoms with E-state index in [1.54, 1.807) is 0 Å². The number of benzene rings is 4. The van der Waals surface area contributed by atoms with E-state index in [9.17, 15) is 4.79 Å². The number of fused-ring (bicyclic) bond motifs is 2. The number of hydrogen-bond donors (Lipinski definition) is 1. The van der Waals surface area contributed by atoms with E-state index in [4.69, 9.17) is 9.47 Å². The average molecular weight is 399 g/mol. The van der Waals surface area contributed by atoms with Crippen molar-refractivity contribution in [3.8, 4) is 11.5 Å². The molecule has 4 nitrogen and oxygen atoms in total. The van der Waals surface area contributed by atoms with Crippen LogP contribution in [0.25, 0.3) is 21.5 Å². The van der Waals surface area contributed by atoms with Gasteiger partial charge in [0.05, 0.1) is 6.54 Å². The summed E-state index contributed by atoms with van der Waals surface area (Å²) < 4.78 is 11.8. The molecule has 0 unspecified atom stereocenters. The molecular formula is C26H25NO3. The number of amides is 1. The van der Waals surface area contributed by atoms with Gasteiger partial charge in [0, 0.05) is 5.39 Å². The van der Waals surface area contributed by atoms with Gasteiger partial charge in [0.25, 0.3) is 5.91 Å². The maximum Gasteiger partial charge on any atom is 0.261 e. The Morgan fingerprint density at radius 3 is 2.43 bits per heavy atom. The predicted octanol–water partition coefficient (Wildman–Crippen LogP) is 5.35. The zero-order valence-corrected chi connectivity index (χ0v) is 17.0. The van der Waals surface area contributed by atoms with Gasteiger partial charge in [-0.2, -0.15) is 0 Å². The molecule has 0 radical (unpaired) electrons. The molecule has 152 valence electrons. The molecule has 0 aliphatic carbocycles. The Balaban J connectivity index is 1.31. The summed E-state index contributed by atoms with van der Waals surface area (Å²) >= 11 is 0. The second kappa shape index (κ2) is 9.31. The standard InChI is InChI=1S/C26H25NO3/c1-2-24(30-25-13-7-11-20-9-5-6-12-23(20)25)26(28)27-16-17-29-22-15-14-19-8-3-4-10-21(19)18-22/h3-15,18,24H,2,16-17H2,1H3,(H,27,28)/t24-/m0/s1. The fourth-order valence-electron chi connectivity index (χ4n) is 3.49. The molecule has 1 atom stereocenters. The van der Waals surface area contributed by atoms with Crippen LogP contribution in [0.5, 0.6) is 11.5 Å². The first-order valence-electron chi connectivity index (χ1n) is 10.3. The largest absolute Gasteiger partial charge is 0.492 e. The lowest BCUT2D eigenvalue weighted by Crippen LogP contribution is -2.39. The lowest BCUT2D eigenvalue weighted by Gasteiger charge is -2.18. The highest BCUT2D eigenvalue weighted by Crippen LogP contribution is 2.26. The second-order valence-electron chi connectivity index (χ2n) is 7.14. The van der Waals surface area contributed by atoms with Gasteiger partial charge in [0.15, 0.2) is 6.10 Å². The Morgan fingerprint density at radius 2 is 1.60 bits per heavy atom. The third kappa shape index (κ3) is 4.54. The predicted molar refractivity (Wildman–Crippen MR) is 121 cm³/mol. The van der Waals surface area contributed by atoms with Crippen molar-refractivity contribution in [3.05, 3.63) is 84.9 Å². The van der Waals surface area contributed by atoms with E-state index in [0.29, 0.717) is 19.6 Å². The average Bonchev–Trinajstić information content (AvgIpc) is 2.80. The van der Waals surface area contributed by atoms with Gasteiger partial charge in [0.1, 0.15) is 18.1 Å². The van der Waals surface area contributed by atoms with Crippen LogP contribution < -0.4 is 14.8 Å². The van der Waals surface area contributed by atoms with Gasteiger partial charge in [-0.15, -0.1) is 0 Å². The number of carbonyl (C=O) groups excluding carboxylic acids is 1. The number of ether oxygens (including phenoxy) is 2. The first-order chi connectivity index (χ1) is 14.7. The summed E-state index contributed by atoms with van der Waals surface area (Å²) in [7, 11) is 0. The van der Waals surface area contributed by atoms with Crippen LogP contribution in [0.15, 0.2) is 84.9 Å². The quantitative estimate of drug-likeness (QED) is 0.407. The Kier molecular flexibility index (Phi) is 6.14. The second-order valence-corrected chi connectivity index (χ2v) is 7.14. The van der Waals surface area contributed by atoms with Gasteiger partial charge in [-0.1, -0.05) is 73.7 Å². The van der Waals surface area contributed by atoms with Crippen molar-refractivity contribution in [2.75, 3.05) is 13.2 Å². The summed E-state index contributed by atoms with van der Waals surface area (Å²) in [5, 5.41) is 7.33. The molecule has 30 heavy (non-hydrogen) atoms. The SMILES string of the molecule is CC[C@H](Oc1cccc2ccccc12)C(=O)NCCOc1ccc2ccccc2c1. The van der Waals surface area contributed by atoms with E-state index < -0.39 is 6.10 Å². The number of carbonyl (C=O) groups is 1. The van der Waals surface area contributed by atoms with E-state index in [1.807, 2.05) is 79.7 Å². The van der Waals surface area contributed by atoms with Crippen molar-refractivity contribution in [3.63, 3.8) is 0 Å². The molecule has 0 bridgehead atoms. The van der Waals surface area contributed by atoms with Crippen LogP contribution in [0.1, 0.15) is 13.3 Å². The highest BCUT2D eigenvalue weighted by Gasteiger charge is 2.18. The number of rotatable bonds is 8. The van der Waals surface area contributed by atoms with Gasteiger partial charge < -0.3 is 14.8 Å². The monoisotopic (exact) mass is 399 g/mol. The fraction of sp³-hybridized carbons (Fsp3) is 0.192. The van der Waals surface area contributed by atoms with Crippen LogP contribution in [-0.4, -0.2) is 25.2 Å². The minimum Gasteiger partial charge on any atom is -0.492 e. The maximum absolute atomic E-state index is 12.6. The van der Waals surface area contributed by atoms with Crippen molar-refractivity contribution in [2.45, 2.75) is 19.4 Å². The number of nitrogens with one attached hydrogen (secondary N) is 1. The van der Waals surface area contributed by atoms with Crippen LogP contribution in [0.4, 0.5) is 0 Å². The van der Waals surface area contributed by atoms with E-state index in [1.165, 1.54) is 5.39 Å². The Morgan fingerprint density at radius 1 is 0.867 bits per heavy atom. The zero-order valence-electron chi connectivity index (χ0n) is 17.0. The topological polar surface area (TPSA) is 47.6 Å². The summed E-state index contributed by atoms with van der Waals surface area (Å²) in [6.07, 6.45) is 0.0390. The summed E-state index contributed by atoms with van der Waals surface area (Å²) in [6, 6.07) is 28.0. The molecule has 4 rings (SSSR count). The number of hydrogen-bond acceptors (Lipinski definition) is 3. The van der Waals surface area contributed by atoms with E-state index in [-0.39, 0.29) is 5.91 Å². The molecule has 0 aromatic heterocycles. The van der Waals surface area contributed by atoms with Crippen LogP contribution in [0.3, 0.4) is 0 Å². The third-order valence-corrected chi connectivity index (χ3v) is 5.07. The van der Waals surface area contributed by atoms with Gasteiger partial charge in [-0.3, -0.25) is 4.79 Å². The van der Waals surface area contributed by atoms with Crippen LogP contribution in [0.2, 0.25) is 0 Å². The Bertz CT molecular complexity index is 1150. The molecule has 1 N–H and O–H groups in total. The highest BCUT2D eigenvalue weighted by molar-refractivity contribution is 5.89. The fourth-order valence-corrected chi connectivity index (χ4v) is 3.49. The molecule has 4 aromatic carbocycles. The van der Waals surface area contributed by atoms with Gasteiger partial charge in [0.2, 0.25) is 0 Å². The molecule has 0 saturated heterocycles. The molecule has 4 heteroatoms. The minimum atomic E-state index is -0.545. The first-order valence-corrected chi connectivity index (χ1v) is 10.3. The molecular weight excluding hydrogens is 374 g/mol. The lowest BCUT2D eigenvalue weighted by molar-refractivity contribution is -0.128. The zero-order chi connectivity index (χ0) is 20.8. The van der Waals surface area contributed by atoms with Crippen molar-refractivity contribution in [2.24, 2.45) is 0 Å². The Labute approximate surface area is 176 Å². The summed E-state index contributed by atoms with van der Waals surface area (Å²) in [4.78, 5) is 12.6. The smallest absolute Gasteiger partial charge is 0.261 e. The van der Waals surface area contributed by atoms with Crippen LogP contribution in [-0.2, 0) is 4.79 Å². The molecule has 4 aromatic rings. The van der Waals surface area contributed by atoms with Crippen molar-refractivity contribution in [1.82, 2.24) is 5.32 Å². The first kappa shape index (κ1) is 19.8. The summed E-state index contributed by atoms with van der Waals surface area (Å²) in [6.45, 7) is 2.76. The minimum absolute atomic E-state index is 0.132. The van der Waals surface area contributed by atoms with Crippen molar-refractivity contribution >= 4 is 27.5 Å². The normalized spacial score (nSPS) is 11.9. The van der Waals surface area contributed by atoms with Gasteiger partial charge in [-0.05, 0) is 40.8 Å². The van der Waals surface area contributed by atoms with E-state index >= 15 is 0 Å². The maximum atomic E-state index is 12.6. The van der Waals surface area contributed by atoms with Crippen LogP contribution >= 0.6 is 0 Å². The molecule has 0 saturated carbocycles. The summed E-state index contributed by atoms with van der Waals surface area (Å²) in [5.41, 5.74) is 0. The molecule has 0 heterocycles. The molecule has 0 aliphatic rings. The molecule has 0 aliphatic heterocycles. The van der Waals surface area contributed by atoms with Gasteiger partial charge >= 0.3 is 0 Å². The highest BCUT2D eigenvalue weighted by atomic mass is 16.5. The molecule has 0 spiro atoms. The molecule has 1 amide bonds. The van der Waals surface area contributed by atoms with Gasteiger partial charge in [-0.25, -0.2) is 0 Å².